The Kier molecular flexibility index (Phi) is 4.94. The molecular formula is C22H25N3O. The van der Waals surface area contributed by atoms with Crippen molar-refractivity contribution in [1.29, 1.82) is 0 Å². The number of aryl methyl sites for hydroxylation is 4. The first-order chi connectivity index (χ1) is 12.4. The highest BCUT2D eigenvalue weighted by atomic mass is 16.2. The number of hydrogen-bond donors (Lipinski definition) is 1. The normalized spacial score (nSPS) is 10.8. The van der Waals surface area contributed by atoms with Crippen LogP contribution >= 0.6 is 0 Å². The van der Waals surface area contributed by atoms with Crippen molar-refractivity contribution < 1.29 is 4.79 Å². The molecule has 1 aromatic heterocycles. The highest BCUT2D eigenvalue weighted by Crippen LogP contribution is 2.23. The first-order valence-electron chi connectivity index (χ1n) is 8.94. The molecule has 0 aliphatic heterocycles. The molecule has 4 nitrogen and oxygen atoms in total. The molecule has 0 unspecified atom stereocenters. The van der Waals surface area contributed by atoms with Gasteiger partial charge in [0, 0.05) is 11.1 Å². The topological polar surface area (TPSA) is 46.9 Å². The van der Waals surface area contributed by atoms with Crippen LogP contribution in [0, 0.1) is 27.7 Å². The van der Waals surface area contributed by atoms with Gasteiger partial charge in [0.05, 0.1) is 11.4 Å². The van der Waals surface area contributed by atoms with Crippen LogP contribution in [-0.2, 0) is 6.42 Å². The van der Waals surface area contributed by atoms with Gasteiger partial charge in [-0.15, -0.1) is 0 Å². The summed E-state index contributed by atoms with van der Waals surface area (Å²) in [5.41, 5.74) is 10.0. The van der Waals surface area contributed by atoms with E-state index in [1.807, 2.05) is 38.1 Å². The van der Waals surface area contributed by atoms with E-state index in [9.17, 15) is 4.79 Å². The fraction of sp³-hybridized carbons (Fsp3) is 0.273. The fourth-order valence-corrected chi connectivity index (χ4v) is 3.10. The van der Waals surface area contributed by atoms with Crippen molar-refractivity contribution in [3.8, 4) is 11.4 Å². The monoisotopic (exact) mass is 347 g/mol. The lowest BCUT2D eigenvalue weighted by atomic mass is 10.1. The number of rotatable bonds is 4. The molecule has 0 saturated carbocycles. The second-order valence-corrected chi connectivity index (χ2v) is 6.81. The standard InChI is InChI=1S/C22H25N3O/c1-6-18-7-9-19(10-8-18)22(26)24-25-17(5)16(4)23-21(25)20-12-14(2)11-15(3)13-20/h7-13H,6H2,1-5H3,(H,24,26). The average molecular weight is 347 g/mol. The molecule has 1 amide bonds. The quantitative estimate of drug-likeness (QED) is 0.741. The molecule has 0 aliphatic rings. The van der Waals surface area contributed by atoms with E-state index in [0.29, 0.717) is 5.56 Å². The van der Waals surface area contributed by atoms with Gasteiger partial charge >= 0.3 is 0 Å². The number of benzene rings is 2. The molecule has 1 heterocycles. The van der Waals surface area contributed by atoms with Crippen LogP contribution in [0.4, 0.5) is 0 Å². The van der Waals surface area contributed by atoms with E-state index in [1.54, 1.807) is 4.68 Å². The summed E-state index contributed by atoms with van der Waals surface area (Å²) in [5.74, 6) is 0.615. The van der Waals surface area contributed by atoms with E-state index in [2.05, 4.69) is 49.4 Å². The van der Waals surface area contributed by atoms with Crippen LogP contribution in [0.5, 0.6) is 0 Å². The van der Waals surface area contributed by atoms with Crippen LogP contribution in [0.3, 0.4) is 0 Å². The Balaban J connectivity index is 1.98. The summed E-state index contributed by atoms with van der Waals surface area (Å²) < 4.78 is 1.79. The summed E-state index contributed by atoms with van der Waals surface area (Å²) in [7, 11) is 0. The Morgan fingerprint density at radius 2 is 1.62 bits per heavy atom. The number of hydrogen-bond acceptors (Lipinski definition) is 2. The van der Waals surface area contributed by atoms with E-state index in [4.69, 9.17) is 0 Å². The maximum Gasteiger partial charge on any atom is 0.270 e. The predicted octanol–water partition coefficient (Wildman–Crippen LogP) is 4.73. The minimum absolute atomic E-state index is 0.140. The summed E-state index contributed by atoms with van der Waals surface area (Å²) in [5, 5.41) is 0. The number of amides is 1. The lowest BCUT2D eigenvalue weighted by Gasteiger charge is -2.13. The van der Waals surface area contributed by atoms with Gasteiger partial charge in [0.1, 0.15) is 0 Å². The minimum Gasteiger partial charge on any atom is -0.267 e. The highest BCUT2D eigenvalue weighted by molar-refractivity contribution is 6.00. The van der Waals surface area contributed by atoms with E-state index < -0.39 is 0 Å². The number of nitrogens with zero attached hydrogens (tertiary/aromatic N) is 2. The first-order valence-corrected chi connectivity index (χ1v) is 8.94. The molecule has 1 N–H and O–H groups in total. The van der Waals surface area contributed by atoms with Crippen LogP contribution in [-0.4, -0.2) is 15.6 Å². The van der Waals surface area contributed by atoms with Crippen molar-refractivity contribution in [2.24, 2.45) is 0 Å². The average Bonchev–Trinajstić information content (AvgIpc) is 2.89. The summed E-state index contributed by atoms with van der Waals surface area (Å²) in [6.45, 7) is 10.2. The Morgan fingerprint density at radius 1 is 1.00 bits per heavy atom. The third-order valence-corrected chi connectivity index (χ3v) is 4.66. The van der Waals surface area contributed by atoms with Gasteiger partial charge < -0.3 is 0 Å². The molecule has 0 bridgehead atoms. The second kappa shape index (κ2) is 7.16. The van der Waals surface area contributed by atoms with Gasteiger partial charge in [-0.2, -0.15) is 0 Å². The third-order valence-electron chi connectivity index (χ3n) is 4.66. The van der Waals surface area contributed by atoms with Crippen LogP contribution in [0.15, 0.2) is 42.5 Å². The highest BCUT2D eigenvalue weighted by Gasteiger charge is 2.16. The molecule has 26 heavy (non-hydrogen) atoms. The molecule has 0 atom stereocenters. The molecule has 0 aliphatic carbocycles. The van der Waals surface area contributed by atoms with Crippen molar-refractivity contribution >= 4 is 5.91 Å². The first kappa shape index (κ1) is 17.9. The van der Waals surface area contributed by atoms with Gasteiger partial charge in [0.2, 0.25) is 0 Å². The van der Waals surface area contributed by atoms with Gasteiger partial charge in [0.25, 0.3) is 5.91 Å². The Labute approximate surface area is 154 Å². The van der Waals surface area contributed by atoms with E-state index in [0.717, 1.165) is 29.2 Å². The number of aromatic nitrogens is 2. The molecule has 0 spiro atoms. The van der Waals surface area contributed by atoms with E-state index >= 15 is 0 Å². The van der Waals surface area contributed by atoms with Crippen molar-refractivity contribution in [3.63, 3.8) is 0 Å². The minimum atomic E-state index is -0.140. The Hall–Kier alpha value is -2.88. The number of carbonyl (C=O) groups is 1. The van der Waals surface area contributed by atoms with Crippen molar-refractivity contribution in [3.05, 3.63) is 76.1 Å². The Morgan fingerprint density at radius 3 is 2.19 bits per heavy atom. The zero-order valence-electron chi connectivity index (χ0n) is 16.1. The van der Waals surface area contributed by atoms with Gasteiger partial charge in [0.15, 0.2) is 5.82 Å². The lowest BCUT2D eigenvalue weighted by molar-refractivity contribution is 0.101. The van der Waals surface area contributed by atoms with Crippen molar-refractivity contribution in [1.82, 2.24) is 9.66 Å². The smallest absolute Gasteiger partial charge is 0.267 e. The third kappa shape index (κ3) is 3.54. The number of carbonyl (C=O) groups excluding carboxylic acids is 1. The molecular weight excluding hydrogens is 322 g/mol. The predicted molar refractivity (Wildman–Crippen MR) is 106 cm³/mol. The molecule has 0 radical (unpaired) electrons. The zero-order chi connectivity index (χ0) is 18.8. The van der Waals surface area contributed by atoms with Gasteiger partial charge in [-0.25, -0.2) is 9.66 Å². The van der Waals surface area contributed by atoms with Gasteiger partial charge in [-0.05, 0) is 63.9 Å². The molecule has 0 fully saturated rings. The van der Waals surface area contributed by atoms with Crippen LogP contribution in [0.2, 0.25) is 0 Å². The summed E-state index contributed by atoms with van der Waals surface area (Å²) in [4.78, 5) is 17.4. The maximum atomic E-state index is 12.7. The van der Waals surface area contributed by atoms with Crippen LogP contribution < -0.4 is 5.43 Å². The van der Waals surface area contributed by atoms with E-state index in [-0.39, 0.29) is 5.91 Å². The summed E-state index contributed by atoms with van der Waals surface area (Å²) in [6.07, 6.45) is 0.957. The van der Waals surface area contributed by atoms with Gasteiger partial charge in [-0.1, -0.05) is 36.2 Å². The van der Waals surface area contributed by atoms with Crippen LogP contribution in [0.1, 0.15) is 45.4 Å². The molecule has 134 valence electrons. The fourth-order valence-electron chi connectivity index (χ4n) is 3.10. The van der Waals surface area contributed by atoms with Gasteiger partial charge in [-0.3, -0.25) is 10.2 Å². The maximum absolute atomic E-state index is 12.7. The van der Waals surface area contributed by atoms with Crippen LogP contribution in [0.25, 0.3) is 11.4 Å². The molecule has 0 saturated heterocycles. The Bertz CT molecular complexity index is 932. The largest absolute Gasteiger partial charge is 0.270 e. The zero-order valence-corrected chi connectivity index (χ0v) is 16.1. The van der Waals surface area contributed by atoms with Crippen molar-refractivity contribution in [2.75, 3.05) is 5.43 Å². The van der Waals surface area contributed by atoms with E-state index in [1.165, 1.54) is 16.7 Å². The number of nitrogens with one attached hydrogen (secondary N) is 1. The lowest BCUT2D eigenvalue weighted by Crippen LogP contribution is -2.24. The molecule has 4 heteroatoms. The SMILES string of the molecule is CCc1ccc(C(=O)Nn2c(-c3cc(C)cc(C)c3)nc(C)c2C)cc1. The molecule has 2 aromatic carbocycles. The summed E-state index contributed by atoms with van der Waals surface area (Å²) >= 11 is 0. The van der Waals surface area contributed by atoms with Crippen molar-refractivity contribution in [2.45, 2.75) is 41.0 Å². The number of imidazole rings is 1. The second-order valence-electron chi connectivity index (χ2n) is 6.81. The molecule has 3 aromatic rings. The summed E-state index contributed by atoms with van der Waals surface area (Å²) in [6, 6.07) is 14.0. The molecule has 3 rings (SSSR count).